The van der Waals surface area contributed by atoms with E-state index >= 15 is 0 Å². The molecule has 4 aromatic rings. The highest BCUT2D eigenvalue weighted by molar-refractivity contribution is 7.89. The number of esters is 1. The van der Waals surface area contributed by atoms with Gasteiger partial charge in [-0.25, -0.2) is 8.42 Å². The molecule has 1 heterocycles. The van der Waals surface area contributed by atoms with Crippen LogP contribution in [0.2, 0.25) is 5.02 Å². The largest absolute Gasteiger partial charge is 0.495 e. The second-order valence-electron chi connectivity index (χ2n) is 7.76. The number of amides is 1. The fourth-order valence-corrected chi connectivity index (χ4v) is 5.66. The number of hydrogen-bond donors (Lipinski definition) is 2. The predicted octanol–water partition coefficient (Wildman–Crippen LogP) is 3.42. The summed E-state index contributed by atoms with van der Waals surface area (Å²) in [5.41, 5.74) is 1.69. The summed E-state index contributed by atoms with van der Waals surface area (Å²) < 4.78 is 47.2. The lowest BCUT2D eigenvalue weighted by molar-refractivity contribution is -0.149. The average molecular weight is 561 g/mol. The van der Waals surface area contributed by atoms with Crippen LogP contribution >= 0.6 is 23.3 Å². The number of fused-ring (bicyclic) bond motifs is 1. The highest BCUT2D eigenvalue weighted by atomic mass is 35.5. The molecule has 0 saturated carbocycles. The summed E-state index contributed by atoms with van der Waals surface area (Å²) in [7, 11) is -2.73. The molecule has 0 spiro atoms. The minimum Gasteiger partial charge on any atom is -0.495 e. The Morgan fingerprint density at radius 2 is 1.84 bits per heavy atom. The predicted molar refractivity (Wildman–Crippen MR) is 139 cm³/mol. The number of halogens is 1. The molecule has 2 N–H and O–H groups in total. The maximum Gasteiger partial charge on any atom is 0.325 e. The van der Waals surface area contributed by atoms with Gasteiger partial charge in [-0.3, -0.25) is 9.59 Å². The summed E-state index contributed by atoms with van der Waals surface area (Å²) in [6.07, 6.45) is -0.0000971. The average Bonchev–Trinajstić information content (AvgIpc) is 3.36. The third-order valence-corrected chi connectivity index (χ3v) is 7.53. The lowest BCUT2D eigenvalue weighted by Gasteiger charge is -2.18. The Morgan fingerprint density at radius 1 is 1.05 bits per heavy atom. The fraction of sp³-hybridized carbons (Fsp3) is 0.167. The van der Waals surface area contributed by atoms with Gasteiger partial charge in [0.15, 0.2) is 6.61 Å². The molecule has 1 aromatic heterocycles. The fourth-order valence-electron chi connectivity index (χ4n) is 3.45. The Morgan fingerprint density at radius 3 is 2.57 bits per heavy atom. The van der Waals surface area contributed by atoms with Crippen LogP contribution in [-0.4, -0.2) is 48.8 Å². The Hall–Kier alpha value is -3.58. The molecule has 1 atom stereocenters. The zero-order valence-electron chi connectivity index (χ0n) is 19.4. The lowest BCUT2D eigenvalue weighted by atomic mass is 10.1. The van der Waals surface area contributed by atoms with Gasteiger partial charge in [-0.05, 0) is 42.3 Å². The number of rotatable bonds is 10. The molecule has 0 aliphatic heterocycles. The highest BCUT2D eigenvalue weighted by Crippen LogP contribution is 2.27. The molecule has 4 rings (SSSR count). The summed E-state index contributed by atoms with van der Waals surface area (Å²) >= 11 is 6.95. The van der Waals surface area contributed by atoms with Crippen LogP contribution in [0.3, 0.4) is 0 Å². The zero-order valence-corrected chi connectivity index (χ0v) is 21.8. The van der Waals surface area contributed by atoms with Crippen molar-refractivity contribution in [2.45, 2.75) is 17.4 Å². The molecule has 0 unspecified atom stereocenters. The molecule has 0 aliphatic rings. The van der Waals surface area contributed by atoms with Crippen molar-refractivity contribution in [1.29, 1.82) is 0 Å². The van der Waals surface area contributed by atoms with Crippen LogP contribution in [0.15, 0.2) is 71.6 Å². The van der Waals surface area contributed by atoms with E-state index in [4.69, 9.17) is 21.1 Å². The molecular formula is C24H21ClN4O6S2. The van der Waals surface area contributed by atoms with E-state index in [1.165, 1.54) is 19.2 Å². The molecule has 0 bridgehead atoms. The monoisotopic (exact) mass is 560 g/mol. The molecule has 0 fully saturated rings. The standard InChI is InChI=1S/C24H21ClN4O6S2/c1-34-20-11-10-16(13-17(20)25)26-22(30)14-35-24(31)19(12-15-6-3-2-4-7-15)29-37(32,33)21-9-5-8-18-23(21)28-36-27-18/h2-11,13,19,29H,12,14H2,1H3,(H,26,30)/t19-/m0/s1. The van der Waals surface area contributed by atoms with Crippen LogP contribution in [0.5, 0.6) is 5.75 Å². The lowest BCUT2D eigenvalue weighted by Crippen LogP contribution is -2.44. The van der Waals surface area contributed by atoms with Crippen molar-refractivity contribution in [1.82, 2.24) is 13.5 Å². The number of methoxy groups -OCH3 is 1. The van der Waals surface area contributed by atoms with Gasteiger partial charge >= 0.3 is 5.97 Å². The number of carbonyl (C=O) groups is 2. The number of nitrogens with zero attached hydrogens (tertiary/aromatic N) is 2. The molecular weight excluding hydrogens is 540 g/mol. The van der Waals surface area contributed by atoms with Gasteiger partial charge in [0.05, 0.1) is 23.9 Å². The number of sulfonamides is 1. The minimum atomic E-state index is -4.19. The van der Waals surface area contributed by atoms with Gasteiger partial charge in [-0.2, -0.15) is 13.5 Å². The maximum atomic E-state index is 13.2. The van der Waals surface area contributed by atoms with E-state index in [0.29, 0.717) is 27.5 Å². The van der Waals surface area contributed by atoms with Crippen LogP contribution in [0, 0.1) is 0 Å². The van der Waals surface area contributed by atoms with Crippen molar-refractivity contribution in [2.24, 2.45) is 0 Å². The molecule has 1 amide bonds. The van der Waals surface area contributed by atoms with E-state index in [-0.39, 0.29) is 16.8 Å². The van der Waals surface area contributed by atoms with Crippen molar-refractivity contribution in [3.05, 3.63) is 77.3 Å². The van der Waals surface area contributed by atoms with Gasteiger partial charge in [0.1, 0.15) is 27.7 Å². The van der Waals surface area contributed by atoms with Gasteiger partial charge in [0.25, 0.3) is 5.91 Å². The van der Waals surface area contributed by atoms with E-state index in [2.05, 4.69) is 18.8 Å². The van der Waals surface area contributed by atoms with Crippen molar-refractivity contribution < 1.29 is 27.5 Å². The Kier molecular flexibility index (Phi) is 8.34. The molecule has 13 heteroatoms. The van der Waals surface area contributed by atoms with Crippen molar-refractivity contribution in [3.8, 4) is 5.75 Å². The van der Waals surface area contributed by atoms with Crippen LogP contribution in [0.4, 0.5) is 5.69 Å². The number of benzene rings is 3. The number of carbonyl (C=O) groups excluding carboxylic acids is 2. The maximum absolute atomic E-state index is 13.2. The molecule has 0 aliphatic carbocycles. The summed E-state index contributed by atoms with van der Waals surface area (Å²) in [5, 5.41) is 2.85. The summed E-state index contributed by atoms with van der Waals surface area (Å²) in [4.78, 5) is 25.2. The second kappa shape index (κ2) is 11.6. The first-order valence-corrected chi connectivity index (χ1v) is 13.4. The third-order valence-electron chi connectivity index (χ3n) is 5.18. The van der Waals surface area contributed by atoms with Crippen LogP contribution in [0.25, 0.3) is 11.0 Å². The third kappa shape index (κ3) is 6.60. The van der Waals surface area contributed by atoms with Crippen LogP contribution in [0.1, 0.15) is 5.56 Å². The first-order chi connectivity index (χ1) is 17.8. The van der Waals surface area contributed by atoms with Crippen LogP contribution < -0.4 is 14.8 Å². The summed E-state index contributed by atoms with van der Waals surface area (Å²) in [6, 6.07) is 16.7. The number of anilines is 1. The van der Waals surface area contributed by atoms with E-state index in [9.17, 15) is 18.0 Å². The molecule has 0 saturated heterocycles. The van der Waals surface area contributed by atoms with Crippen LogP contribution in [-0.2, 0) is 30.8 Å². The number of hydrogen-bond acceptors (Lipinski definition) is 9. The number of aromatic nitrogens is 2. The Labute approximate surface area is 221 Å². The van der Waals surface area contributed by atoms with E-state index in [1.54, 1.807) is 54.6 Å². The molecule has 10 nitrogen and oxygen atoms in total. The second-order valence-corrected chi connectivity index (χ2v) is 10.4. The molecule has 37 heavy (non-hydrogen) atoms. The zero-order chi connectivity index (χ0) is 26.4. The first kappa shape index (κ1) is 26.5. The van der Waals surface area contributed by atoms with Gasteiger partial charge in [0.2, 0.25) is 10.0 Å². The molecule has 0 radical (unpaired) electrons. The van der Waals surface area contributed by atoms with Crippen molar-refractivity contribution >= 4 is 61.9 Å². The summed E-state index contributed by atoms with van der Waals surface area (Å²) in [5.74, 6) is -1.11. The van der Waals surface area contributed by atoms with Gasteiger partial charge < -0.3 is 14.8 Å². The van der Waals surface area contributed by atoms with Gasteiger partial charge in [0, 0.05) is 5.69 Å². The first-order valence-electron chi connectivity index (χ1n) is 10.8. The van der Waals surface area contributed by atoms with Crippen molar-refractivity contribution in [2.75, 3.05) is 19.0 Å². The van der Waals surface area contributed by atoms with E-state index in [0.717, 1.165) is 11.7 Å². The highest BCUT2D eigenvalue weighted by Gasteiger charge is 2.29. The van der Waals surface area contributed by atoms with E-state index < -0.39 is 34.5 Å². The van der Waals surface area contributed by atoms with Gasteiger partial charge in [-0.1, -0.05) is 48.0 Å². The van der Waals surface area contributed by atoms with Crippen molar-refractivity contribution in [3.63, 3.8) is 0 Å². The molecule has 192 valence electrons. The normalized spacial score (nSPS) is 12.2. The minimum absolute atomic E-state index is 0.0000971. The Bertz CT molecular complexity index is 1530. The smallest absolute Gasteiger partial charge is 0.325 e. The number of ether oxygens (including phenoxy) is 2. The summed E-state index contributed by atoms with van der Waals surface area (Å²) in [6.45, 7) is -0.638. The quantitative estimate of drug-likeness (QED) is 0.281. The number of nitrogens with one attached hydrogen (secondary N) is 2. The van der Waals surface area contributed by atoms with E-state index in [1.807, 2.05) is 0 Å². The van der Waals surface area contributed by atoms with Gasteiger partial charge in [-0.15, -0.1) is 0 Å². The topological polar surface area (TPSA) is 137 Å². The Balaban J connectivity index is 1.48. The SMILES string of the molecule is COc1ccc(NC(=O)COC(=O)[C@H](Cc2ccccc2)NS(=O)(=O)c2cccc3nsnc23)cc1Cl. The molecule has 3 aromatic carbocycles.